The van der Waals surface area contributed by atoms with E-state index in [1.54, 1.807) is 0 Å². The van der Waals surface area contributed by atoms with Crippen molar-refractivity contribution in [2.75, 3.05) is 19.6 Å². The Morgan fingerprint density at radius 3 is 2.74 bits per heavy atom. The smallest absolute Gasteiger partial charge is 0.141 e. The summed E-state index contributed by atoms with van der Waals surface area (Å²) in [6, 6.07) is 12.3. The zero-order valence-electron chi connectivity index (χ0n) is 15.2. The summed E-state index contributed by atoms with van der Waals surface area (Å²) in [4.78, 5) is 10.2. The van der Waals surface area contributed by atoms with Gasteiger partial charge in [-0.25, -0.2) is 9.50 Å². The number of hydrogen-bond donors (Lipinski definition) is 2. The van der Waals surface area contributed by atoms with Gasteiger partial charge in [0.1, 0.15) is 12.0 Å². The monoisotopic (exact) mass is 358 g/mol. The van der Waals surface area contributed by atoms with E-state index in [1.165, 1.54) is 35.0 Å². The average molecular weight is 358 g/mol. The van der Waals surface area contributed by atoms with Crippen molar-refractivity contribution < 1.29 is 0 Å². The van der Waals surface area contributed by atoms with Crippen LogP contribution in [-0.4, -0.2) is 44.1 Å². The third-order valence-electron chi connectivity index (χ3n) is 5.82. The van der Waals surface area contributed by atoms with Gasteiger partial charge >= 0.3 is 0 Å². The molecule has 1 aliphatic rings. The molecule has 1 fully saturated rings. The fourth-order valence-electron chi connectivity index (χ4n) is 4.21. The van der Waals surface area contributed by atoms with Crippen molar-refractivity contribution in [1.29, 1.82) is 5.26 Å². The summed E-state index contributed by atoms with van der Waals surface area (Å²) in [5, 5.41) is 13.6. The minimum absolute atomic E-state index is 0.594. The van der Waals surface area contributed by atoms with Crippen LogP contribution >= 0.6 is 0 Å². The predicted octanol–water partition coefficient (Wildman–Crippen LogP) is 3.44. The molecule has 4 heterocycles. The molecule has 0 radical (unpaired) electrons. The second-order valence-corrected chi connectivity index (χ2v) is 7.40. The Hall–Kier alpha value is -3.04. The highest BCUT2D eigenvalue weighted by atomic mass is 15.3. The maximum absolute atomic E-state index is 8.89. The van der Waals surface area contributed by atoms with Gasteiger partial charge in [0, 0.05) is 24.0 Å². The number of aromatic nitrogens is 4. The number of hydrogen-bond acceptors (Lipinski definition) is 3. The lowest BCUT2D eigenvalue weighted by Gasteiger charge is -2.33. The molecule has 0 aliphatic carbocycles. The van der Waals surface area contributed by atoms with Crippen LogP contribution in [0.15, 0.2) is 42.9 Å². The van der Waals surface area contributed by atoms with Crippen LogP contribution in [0.2, 0.25) is 0 Å². The van der Waals surface area contributed by atoms with Crippen molar-refractivity contribution in [3.8, 4) is 6.07 Å². The standard InChI is InChI=1S/C21H22N6/c22-13-16-3-1-15(2-4-16)6-10-26-11-7-17(8-12-26)19-20-18-5-9-23-21(18)24-14-27(20)25-19/h1-5,9,14,17,23,25H,6-8,10-12H2. The van der Waals surface area contributed by atoms with E-state index in [9.17, 15) is 0 Å². The number of H-pyrrole nitrogens is 2. The van der Waals surface area contributed by atoms with Crippen LogP contribution in [0.1, 0.15) is 35.6 Å². The van der Waals surface area contributed by atoms with Crippen LogP contribution in [0.25, 0.3) is 16.6 Å². The Morgan fingerprint density at radius 2 is 1.96 bits per heavy atom. The van der Waals surface area contributed by atoms with Crippen molar-refractivity contribution in [3.05, 3.63) is 59.7 Å². The van der Waals surface area contributed by atoms with E-state index in [1.807, 2.05) is 29.2 Å². The Morgan fingerprint density at radius 1 is 1.15 bits per heavy atom. The molecule has 0 unspecified atom stereocenters. The highest BCUT2D eigenvalue weighted by molar-refractivity contribution is 5.93. The van der Waals surface area contributed by atoms with Crippen molar-refractivity contribution in [2.45, 2.75) is 25.2 Å². The molecule has 6 nitrogen and oxygen atoms in total. The van der Waals surface area contributed by atoms with Crippen LogP contribution in [0.3, 0.4) is 0 Å². The van der Waals surface area contributed by atoms with Gasteiger partial charge in [-0.3, -0.25) is 5.10 Å². The van der Waals surface area contributed by atoms with E-state index in [2.05, 4.69) is 44.2 Å². The Balaban J connectivity index is 1.21. The number of fused-ring (bicyclic) bond motifs is 3. The fraction of sp³-hybridized carbons (Fsp3) is 0.333. The number of aromatic amines is 2. The van der Waals surface area contributed by atoms with Gasteiger partial charge in [-0.2, -0.15) is 5.26 Å². The highest BCUT2D eigenvalue weighted by Gasteiger charge is 2.25. The summed E-state index contributed by atoms with van der Waals surface area (Å²) in [7, 11) is 0. The zero-order valence-corrected chi connectivity index (χ0v) is 15.2. The van der Waals surface area contributed by atoms with Crippen LogP contribution in [0.4, 0.5) is 0 Å². The largest absolute Gasteiger partial charge is 0.346 e. The maximum atomic E-state index is 8.89. The first-order valence-electron chi connectivity index (χ1n) is 9.55. The van der Waals surface area contributed by atoms with E-state index >= 15 is 0 Å². The van der Waals surface area contributed by atoms with Gasteiger partial charge in [0.25, 0.3) is 0 Å². The minimum atomic E-state index is 0.594. The Labute approximate surface area is 157 Å². The van der Waals surface area contributed by atoms with Crippen LogP contribution in [0, 0.1) is 11.3 Å². The summed E-state index contributed by atoms with van der Waals surface area (Å²) in [6.45, 7) is 3.35. The molecular formula is C21H22N6. The van der Waals surface area contributed by atoms with Gasteiger partial charge < -0.3 is 9.88 Å². The van der Waals surface area contributed by atoms with Gasteiger partial charge in [0.15, 0.2) is 0 Å². The highest BCUT2D eigenvalue weighted by Crippen LogP contribution is 2.33. The molecule has 3 aromatic heterocycles. The first-order valence-corrected chi connectivity index (χ1v) is 9.55. The summed E-state index contributed by atoms with van der Waals surface area (Å²) < 4.78 is 2.03. The number of nitrogens with zero attached hydrogens (tertiary/aromatic N) is 4. The second-order valence-electron chi connectivity index (χ2n) is 7.40. The summed E-state index contributed by atoms with van der Waals surface area (Å²) >= 11 is 0. The van der Waals surface area contributed by atoms with Gasteiger partial charge in [-0.05, 0) is 56.1 Å². The van der Waals surface area contributed by atoms with E-state index in [-0.39, 0.29) is 0 Å². The summed E-state index contributed by atoms with van der Waals surface area (Å²) in [6.07, 6.45) is 7.22. The van der Waals surface area contributed by atoms with Crippen molar-refractivity contribution in [1.82, 2.24) is 24.5 Å². The number of benzene rings is 1. The van der Waals surface area contributed by atoms with Crippen molar-refractivity contribution in [2.24, 2.45) is 0 Å². The third-order valence-corrected chi connectivity index (χ3v) is 5.82. The van der Waals surface area contributed by atoms with Gasteiger partial charge in [0.2, 0.25) is 0 Å². The predicted molar refractivity (Wildman–Crippen MR) is 105 cm³/mol. The molecule has 2 N–H and O–H groups in total. The van der Waals surface area contributed by atoms with Gasteiger partial charge in [-0.1, -0.05) is 12.1 Å². The average Bonchev–Trinajstić information content (AvgIpc) is 3.15. The zero-order chi connectivity index (χ0) is 18.2. The topological polar surface area (TPSA) is 75.9 Å². The molecule has 1 aliphatic heterocycles. The minimum Gasteiger partial charge on any atom is -0.346 e. The molecule has 136 valence electrons. The number of rotatable bonds is 4. The fourth-order valence-corrected chi connectivity index (χ4v) is 4.21. The number of piperidine rings is 1. The molecule has 0 spiro atoms. The molecule has 6 heteroatoms. The number of nitrogens with one attached hydrogen (secondary N) is 2. The summed E-state index contributed by atoms with van der Waals surface area (Å²) in [5.74, 6) is 0.594. The lowest BCUT2D eigenvalue weighted by Crippen LogP contribution is -2.35. The quantitative estimate of drug-likeness (QED) is 0.587. The van der Waals surface area contributed by atoms with E-state index in [0.717, 1.165) is 37.3 Å². The molecule has 0 bridgehead atoms. The van der Waals surface area contributed by atoms with E-state index in [0.29, 0.717) is 5.92 Å². The van der Waals surface area contributed by atoms with Gasteiger partial charge in [0.05, 0.1) is 22.8 Å². The molecule has 0 saturated carbocycles. The molecule has 0 amide bonds. The first-order chi connectivity index (χ1) is 13.3. The molecule has 4 aromatic rings. The Kier molecular flexibility index (Phi) is 3.95. The molecular weight excluding hydrogens is 336 g/mol. The van der Waals surface area contributed by atoms with Crippen LogP contribution < -0.4 is 0 Å². The number of likely N-dealkylation sites (tertiary alicyclic amines) is 1. The van der Waals surface area contributed by atoms with Crippen LogP contribution in [0.5, 0.6) is 0 Å². The van der Waals surface area contributed by atoms with E-state index < -0.39 is 0 Å². The molecule has 27 heavy (non-hydrogen) atoms. The lowest BCUT2D eigenvalue weighted by atomic mass is 9.91. The molecule has 5 rings (SSSR count). The first kappa shape index (κ1) is 16.2. The second kappa shape index (κ2) is 6.60. The Bertz CT molecular complexity index is 1100. The molecule has 0 atom stereocenters. The molecule has 1 aromatic carbocycles. The third kappa shape index (κ3) is 2.90. The summed E-state index contributed by atoms with van der Waals surface area (Å²) in [5.41, 5.74) is 5.65. The van der Waals surface area contributed by atoms with E-state index in [4.69, 9.17) is 5.26 Å². The van der Waals surface area contributed by atoms with Crippen molar-refractivity contribution in [3.63, 3.8) is 0 Å². The lowest BCUT2D eigenvalue weighted by molar-refractivity contribution is 0.212. The number of nitriles is 1. The molecule has 1 saturated heterocycles. The maximum Gasteiger partial charge on any atom is 0.141 e. The normalized spacial score (nSPS) is 16.3. The van der Waals surface area contributed by atoms with Crippen molar-refractivity contribution >= 4 is 16.6 Å². The SMILES string of the molecule is N#Cc1ccc(CCN2CCC(c3[nH]n4cnc5[nH]ccc5c34)CC2)cc1. The van der Waals surface area contributed by atoms with Gasteiger partial charge in [-0.15, -0.1) is 0 Å². The van der Waals surface area contributed by atoms with Crippen LogP contribution in [-0.2, 0) is 6.42 Å².